The molecule has 0 amide bonds. The van der Waals surface area contributed by atoms with Crippen LogP contribution in [0.2, 0.25) is 0 Å². The van der Waals surface area contributed by atoms with Crippen LogP contribution in [0.15, 0.2) is 150 Å². The lowest BCUT2D eigenvalue weighted by Gasteiger charge is -2.44. The molecule has 0 fully saturated rings. The van der Waals surface area contributed by atoms with Gasteiger partial charge in [0.2, 0.25) is 11.8 Å². The number of nitrogens with zero attached hydrogens (tertiary/aromatic N) is 2. The van der Waals surface area contributed by atoms with Crippen molar-refractivity contribution in [3.63, 3.8) is 0 Å². The Morgan fingerprint density at radius 2 is 0.778 bits per heavy atom. The molecule has 172 valence electrons. The van der Waals surface area contributed by atoms with Gasteiger partial charge in [-0.1, -0.05) is 127 Å². The summed E-state index contributed by atoms with van der Waals surface area (Å²) in [6.07, 6.45) is -1.46. The molecule has 6 rings (SSSR count). The molecule has 0 saturated heterocycles. The molecule has 0 aliphatic rings. The smallest absolute Gasteiger partial charge is 0.248 e. The van der Waals surface area contributed by atoms with Gasteiger partial charge in [-0.2, -0.15) is 21.9 Å². The second-order valence-electron chi connectivity index (χ2n) is 9.00. The second kappa shape index (κ2) is 9.51. The fraction of sp³-hybridized carbons (Fsp3) is 0. The Morgan fingerprint density at radius 1 is 0.389 bits per heavy atom. The summed E-state index contributed by atoms with van der Waals surface area (Å²) in [5.41, 5.74) is 6.75. The molecule has 4 heteroatoms. The van der Waals surface area contributed by atoms with Crippen molar-refractivity contribution >= 4 is 28.0 Å². The molecule has 0 aliphatic heterocycles. The summed E-state index contributed by atoms with van der Waals surface area (Å²) in [5, 5.41) is 8.71. The first-order valence-corrected chi connectivity index (χ1v) is 12.2. The van der Waals surface area contributed by atoms with Gasteiger partial charge in [0.15, 0.2) is 0 Å². The highest BCUT2D eigenvalue weighted by Crippen LogP contribution is 2.24. The van der Waals surface area contributed by atoms with Gasteiger partial charge in [-0.25, -0.2) is 0 Å². The highest BCUT2D eigenvalue weighted by atomic mass is 16.4. The van der Waals surface area contributed by atoms with E-state index >= 15 is 0 Å². The number of hydrogen-bond donors (Lipinski definition) is 0. The van der Waals surface area contributed by atoms with E-state index < -0.39 is 6.15 Å². The number of rotatable bonds is 6. The predicted octanol–water partition coefficient (Wildman–Crippen LogP) is 4.78. The Labute approximate surface area is 211 Å². The van der Waals surface area contributed by atoms with Crippen LogP contribution in [0, 0.1) is 0 Å². The van der Waals surface area contributed by atoms with Crippen LogP contribution in [-0.2, 0) is 0 Å². The highest BCUT2D eigenvalue weighted by molar-refractivity contribution is 7.19. The third-order valence-electron chi connectivity index (χ3n) is 6.98. The summed E-state index contributed by atoms with van der Waals surface area (Å²) in [6, 6.07) is 50.7. The molecule has 1 aromatic heterocycles. The monoisotopic (exact) mass is 463 g/mol. The fourth-order valence-corrected chi connectivity index (χ4v) is 5.36. The minimum atomic E-state index is -1.46. The van der Waals surface area contributed by atoms with Crippen molar-refractivity contribution in [3.8, 4) is 22.9 Å². The molecule has 5 aromatic carbocycles. The van der Waals surface area contributed by atoms with E-state index in [1.54, 1.807) is 0 Å². The zero-order chi connectivity index (χ0) is 24.2. The van der Waals surface area contributed by atoms with Gasteiger partial charge in [0.25, 0.3) is 0 Å². The van der Waals surface area contributed by atoms with Crippen LogP contribution >= 0.6 is 0 Å². The van der Waals surface area contributed by atoms with Crippen molar-refractivity contribution in [3.05, 3.63) is 146 Å². The Bertz CT molecular complexity index is 1470. The second-order valence-corrected chi connectivity index (χ2v) is 9.00. The van der Waals surface area contributed by atoms with Gasteiger partial charge >= 0.3 is 0 Å². The van der Waals surface area contributed by atoms with E-state index in [0.717, 1.165) is 11.1 Å². The molecule has 0 spiro atoms. The predicted molar refractivity (Wildman–Crippen MR) is 149 cm³/mol. The number of benzene rings is 5. The molecule has 6 aromatic rings. The lowest BCUT2D eigenvalue weighted by Crippen LogP contribution is -2.74. The molecule has 0 unspecified atom stereocenters. The lowest BCUT2D eigenvalue weighted by atomic mass is 9.13. The van der Waals surface area contributed by atoms with Crippen molar-refractivity contribution < 1.29 is 4.42 Å². The molecule has 0 N–H and O–H groups in total. The maximum absolute atomic E-state index is 6.13. The van der Waals surface area contributed by atoms with Crippen molar-refractivity contribution in [2.24, 2.45) is 0 Å². The first-order valence-electron chi connectivity index (χ1n) is 12.2. The van der Waals surface area contributed by atoms with E-state index in [1.165, 1.54) is 21.9 Å². The molecular weight excluding hydrogens is 439 g/mol. The molecule has 0 radical (unpaired) electrons. The largest absolute Gasteiger partial charge is 0.416 e. The average molecular weight is 463 g/mol. The number of hydrogen-bond acceptors (Lipinski definition) is 3. The Kier molecular flexibility index (Phi) is 5.76. The molecule has 36 heavy (non-hydrogen) atoms. The van der Waals surface area contributed by atoms with Crippen LogP contribution in [0.4, 0.5) is 0 Å². The summed E-state index contributed by atoms with van der Waals surface area (Å²) in [5.74, 6) is 1.02. The molecule has 0 atom stereocenters. The fourth-order valence-electron chi connectivity index (χ4n) is 5.36. The first kappa shape index (κ1) is 21.8. The van der Waals surface area contributed by atoms with Crippen molar-refractivity contribution in [2.45, 2.75) is 0 Å². The van der Waals surface area contributed by atoms with Crippen LogP contribution in [0.25, 0.3) is 22.9 Å². The van der Waals surface area contributed by atoms with Crippen molar-refractivity contribution in [2.75, 3.05) is 0 Å². The number of aromatic nitrogens is 2. The van der Waals surface area contributed by atoms with E-state index in [4.69, 9.17) is 4.42 Å². The van der Waals surface area contributed by atoms with Gasteiger partial charge in [-0.15, -0.1) is 10.2 Å². The zero-order valence-electron chi connectivity index (χ0n) is 19.7. The van der Waals surface area contributed by atoms with E-state index in [2.05, 4.69) is 119 Å². The van der Waals surface area contributed by atoms with Gasteiger partial charge < -0.3 is 4.42 Å². The van der Waals surface area contributed by atoms with Crippen molar-refractivity contribution in [1.29, 1.82) is 0 Å². The van der Waals surface area contributed by atoms with Gasteiger partial charge in [-0.3, -0.25) is 0 Å². The maximum atomic E-state index is 6.13. The summed E-state index contributed by atoms with van der Waals surface area (Å²) < 4.78 is 6.13. The SMILES string of the molecule is c1ccc(-c2nnc(-c3cccc([B-](c4ccccc4)(c4ccccc4)c4ccccc4)c3)o2)cc1. The first-order chi connectivity index (χ1) is 17.9. The van der Waals surface area contributed by atoms with Crippen molar-refractivity contribution in [1.82, 2.24) is 10.2 Å². The van der Waals surface area contributed by atoms with Crippen LogP contribution in [0.1, 0.15) is 0 Å². The summed E-state index contributed by atoms with van der Waals surface area (Å²) >= 11 is 0. The third-order valence-corrected chi connectivity index (χ3v) is 6.98. The van der Waals surface area contributed by atoms with E-state index in [9.17, 15) is 0 Å². The summed E-state index contributed by atoms with van der Waals surface area (Å²) in [7, 11) is 0. The van der Waals surface area contributed by atoms with E-state index in [1.807, 2.05) is 36.4 Å². The molecule has 0 bridgehead atoms. The Hall–Kier alpha value is -4.70. The molecule has 0 saturated carbocycles. The molecule has 1 heterocycles. The standard InChI is InChI=1S/C32H24BN2O/c1-5-14-25(15-6-1)31-34-35-32(36-31)26-16-13-23-30(24-26)33(27-17-7-2-8-18-27,28-19-9-3-10-20-28)29-21-11-4-12-22-29/h1-24H/q-1. The van der Waals surface area contributed by atoms with Crippen LogP contribution in [0.5, 0.6) is 0 Å². The quantitative estimate of drug-likeness (QED) is 0.334. The van der Waals surface area contributed by atoms with Gasteiger partial charge in [0.05, 0.1) is 0 Å². The summed E-state index contributed by atoms with van der Waals surface area (Å²) in [6.45, 7) is 0. The van der Waals surface area contributed by atoms with Crippen LogP contribution in [-0.4, -0.2) is 16.3 Å². The molecule has 3 nitrogen and oxygen atoms in total. The van der Waals surface area contributed by atoms with Gasteiger partial charge in [0, 0.05) is 11.1 Å². The highest BCUT2D eigenvalue weighted by Gasteiger charge is 2.31. The minimum Gasteiger partial charge on any atom is -0.416 e. The van der Waals surface area contributed by atoms with Gasteiger partial charge in [-0.05, 0) is 18.2 Å². The zero-order valence-corrected chi connectivity index (χ0v) is 19.7. The minimum absolute atomic E-state index is 0.509. The normalized spacial score (nSPS) is 11.3. The topological polar surface area (TPSA) is 38.9 Å². The van der Waals surface area contributed by atoms with Crippen LogP contribution < -0.4 is 21.9 Å². The Morgan fingerprint density at radius 3 is 1.28 bits per heavy atom. The van der Waals surface area contributed by atoms with Crippen LogP contribution in [0.3, 0.4) is 0 Å². The van der Waals surface area contributed by atoms with E-state index in [0.29, 0.717) is 11.8 Å². The average Bonchev–Trinajstić information content (AvgIpc) is 3.47. The Balaban J connectivity index is 1.57. The summed E-state index contributed by atoms with van der Waals surface area (Å²) in [4.78, 5) is 0. The van der Waals surface area contributed by atoms with Gasteiger partial charge in [0.1, 0.15) is 6.15 Å². The molecular formula is C32H24BN2O-. The maximum Gasteiger partial charge on any atom is 0.248 e. The lowest BCUT2D eigenvalue weighted by molar-refractivity contribution is 0.584. The molecule has 0 aliphatic carbocycles. The van der Waals surface area contributed by atoms with E-state index in [-0.39, 0.29) is 0 Å². The third kappa shape index (κ3) is 3.83.